The highest BCUT2D eigenvalue weighted by Gasteiger charge is 2.06. The van der Waals surface area contributed by atoms with E-state index in [1.165, 1.54) is 4.88 Å². The summed E-state index contributed by atoms with van der Waals surface area (Å²) in [5.74, 6) is 1.05. The number of benzene rings is 1. The van der Waals surface area contributed by atoms with Crippen LogP contribution in [0, 0.1) is 0 Å². The van der Waals surface area contributed by atoms with E-state index in [0.717, 1.165) is 15.5 Å². The lowest BCUT2D eigenvalue weighted by Crippen LogP contribution is -2.05. The summed E-state index contributed by atoms with van der Waals surface area (Å²) in [6.45, 7) is 0.688. The summed E-state index contributed by atoms with van der Waals surface area (Å²) in [6, 6.07) is 9.76. The third-order valence-electron chi connectivity index (χ3n) is 2.65. The zero-order valence-electron chi connectivity index (χ0n) is 9.93. The van der Waals surface area contributed by atoms with Crippen LogP contribution in [0.2, 0.25) is 0 Å². The Kier molecular flexibility index (Phi) is 3.35. The van der Waals surface area contributed by atoms with Crippen LogP contribution in [0.4, 0.5) is 11.6 Å². The van der Waals surface area contributed by atoms with Gasteiger partial charge in [0.25, 0.3) is 0 Å². The molecule has 0 amide bonds. The van der Waals surface area contributed by atoms with Crippen molar-refractivity contribution < 1.29 is 0 Å². The molecule has 19 heavy (non-hydrogen) atoms. The number of para-hydroxylation sites is 2. The van der Waals surface area contributed by atoms with E-state index in [2.05, 4.69) is 37.3 Å². The van der Waals surface area contributed by atoms with E-state index in [4.69, 9.17) is 5.73 Å². The molecule has 2 aromatic heterocycles. The molecule has 0 aliphatic carbocycles. The van der Waals surface area contributed by atoms with Gasteiger partial charge in [-0.2, -0.15) is 0 Å². The van der Waals surface area contributed by atoms with Gasteiger partial charge in [0, 0.05) is 14.7 Å². The molecular weight excluding hydrogens is 324 g/mol. The maximum atomic E-state index is 5.91. The van der Waals surface area contributed by atoms with Gasteiger partial charge in [-0.05, 0) is 34.1 Å². The van der Waals surface area contributed by atoms with E-state index in [0.29, 0.717) is 18.2 Å². The van der Waals surface area contributed by atoms with Crippen molar-refractivity contribution in [3.8, 4) is 0 Å². The molecule has 0 spiro atoms. The number of anilines is 2. The van der Waals surface area contributed by atoms with Crippen LogP contribution in [0.25, 0.3) is 11.0 Å². The average Bonchev–Trinajstić information content (AvgIpc) is 2.82. The Hall–Kier alpha value is -1.66. The van der Waals surface area contributed by atoms with Crippen LogP contribution < -0.4 is 11.1 Å². The van der Waals surface area contributed by atoms with E-state index in [1.807, 2.05) is 29.6 Å². The van der Waals surface area contributed by atoms with Crippen LogP contribution in [0.5, 0.6) is 0 Å². The molecular formula is C13H11BrN4S. The molecule has 0 saturated carbocycles. The second-order valence-electron chi connectivity index (χ2n) is 4.03. The third kappa shape index (κ3) is 2.69. The molecule has 0 fully saturated rings. The van der Waals surface area contributed by atoms with Crippen molar-refractivity contribution in [2.75, 3.05) is 11.1 Å². The molecule has 1 aromatic carbocycles. The summed E-state index contributed by atoms with van der Waals surface area (Å²) in [7, 11) is 0. The minimum Gasteiger partial charge on any atom is -0.381 e. The third-order valence-corrected chi connectivity index (χ3v) is 4.35. The van der Waals surface area contributed by atoms with Gasteiger partial charge in [0.2, 0.25) is 0 Å². The number of nitrogen functional groups attached to an aromatic ring is 1. The van der Waals surface area contributed by atoms with Crippen molar-refractivity contribution in [2.24, 2.45) is 0 Å². The fraction of sp³-hybridized carbons (Fsp3) is 0.0769. The van der Waals surface area contributed by atoms with Crippen molar-refractivity contribution in [3.05, 3.63) is 45.1 Å². The molecule has 3 aromatic rings. The number of nitrogens with zero attached hydrogens (tertiary/aromatic N) is 2. The lowest BCUT2D eigenvalue weighted by molar-refractivity contribution is 1.14. The van der Waals surface area contributed by atoms with Gasteiger partial charge < -0.3 is 11.1 Å². The number of hydrogen-bond acceptors (Lipinski definition) is 5. The Balaban J connectivity index is 1.86. The smallest absolute Gasteiger partial charge is 0.169 e. The van der Waals surface area contributed by atoms with Crippen molar-refractivity contribution >= 4 is 49.9 Å². The quantitative estimate of drug-likeness (QED) is 0.767. The van der Waals surface area contributed by atoms with E-state index in [9.17, 15) is 0 Å². The first kappa shape index (κ1) is 12.4. The van der Waals surface area contributed by atoms with Gasteiger partial charge in [-0.15, -0.1) is 11.3 Å². The van der Waals surface area contributed by atoms with E-state index in [1.54, 1.807) is 11.3 Å². The molecule has 2 heterocycles. The highest BCUT2D eigenvalue weighted by atomic mass is 79.9. The number of nitrogens with two attached hydrogens (primary N) is 1. The molecule has 3 rings (SSSR count). The SMILES string of the molecule is Nc1nc2ccccc2nc1NCc1cc(Br)cs1. The molecule has 0 bridgehead atoms. The summed E-state index contributed by atoms with van der Waals surface area (Å²) in [6.07, 6.45) is 0. The molecule has 0 radical (unpaired) electrons. The van der Waals surface area contributed by atoms with Crippen molar-refractivity contribution in [1.29, 1.82) is 0 Å². The summed E-state index contributed by atoms with van der Waals surface area (Å²) in [5.41, 5.74) is 7.56. The van der Waals surface area contributed by atoms with Crippen molar-refractivity contribution in [1.82, 2.24) is 9.97 Å². The first-order valence-electron chi connectivity index (χ1n) is 5.71. The van der Waals surface area contributed by atoms with Gasteiger partial charge in [0.1, 0.15) is 0 Å². The second kappa shape index (κ2) is 5.14. The molecule has 0 aliphatic rings. The second-order valence-corrected chi connectivity index (χ2v) is 5.94. The Morgan fingerprint density at radius 2 is 1.95 bits per heavy atom. The van der Waals surface area contributed by atoms with Crippen LogP contribution in [0.1, 0.15) is 4.88 Å². The minimum atomic E-state index is 0.425. The first-order valence-corrected chi connectivity index (χ1v) is 7.39. The molecule has 6 heteroatoms. The van der Waals surface area contributed by atoms with Crippen LogP contribution in [0.3, 0.4) is 0 Å². The molecule has 0 unspecified atom stereocenters. The normalized spacial score (nSPS) is 10.8. The summed E-state index contributed by atoms with van der Waals surface area (Å²) in [4.78, 5) is 10.0. The highest BCUT2D eigenvalue weighted by molar-refractivity contribution is 9.10. The fourth-order valence-electron chi connectivity index (χ4n) is 1.76. The number of rotatable bonds is 3. The Bertz CT molecular complexity index is 725. The standard InChI is InChI=1S/C13H11BrN4S/c14-8-5-9(19-7-8)6-16-13-12(15)17-10-3-1-2-4-11(10)18-13/h1-5,7H,6H2,(H2,15,17)(H,16,18). The van der Waals surface area contributed by atoms with Crippen LogP contribution in [0.15, 0.2) is 40.2 Å². The summed E-state index contributed by atoms with van der Waals surface area (Å²) < 4.78 is 1.09. The molecule has 3 N–H and O–H groups in total. The predicted molar refractivity (Wildman–Crippen MR) is 83.3 cm³/mol. The van der Waals surface area contributed by atoms with Crippen molar-refractivity contribution in [3.63, 3.8) is 0 Å². The zero-order chi connectivity index (χ0) is 13.2. The van der Waals surface area contributed by atoms with Crippen molar-refractivity contribution in [2.45, 2.75) is 6.54 Å². The minimum absolute atomic E-state index is 0.425. The van der Waals surface area contributed by atoms with Gasteiger partial charge in [-0.3, -0.25) is 0 Å². The van der Waals surface area contributed by atoms with E-state index in [-0.39, 0.29) is 0 Å². The lowest BCUT2D eigenvalue weighted by atomic mass is 10.3. The van der Waals surface area contributed by atoms with Crippen LogP contribution in [-0.4, -0.2) is 9.97 Å². The monoisotopic (exact) mass is 334 g/mol. The molecule has 0 atom stereocenters. The molecule has 0 saturated heterocycles. The Morgan fingerprint density at radius 1 is 1.21 bits per heavy atom. The molecule has 96 valence electrons. The van der Waals surface area contributed by atoms with Crippen LogP contribution in [-0.2, 0) is 6.54 Å². The Morgan fingerprint density at radius 3 is 2.63 bits per heavy atom. The number of halogens is 1. The van der Waals surface area contributed by atoms with Gasteiger partial charge in [0.05, 0.1) is 17.6 Å². The van der Waals surface area contributed by atoms with E-state index >= 15 is 0 Å². The fourth-order valence-corrected chi connectivity index (χ4v) is 3.15. The van der Waals surface area contributed by atoms with Gasteiger partial charge in [-0.1, -0.05) is 12.1 Å². The van der Waals surface area contributed by atoms with Gasteiger partial charge in [-0.25, -0.2) is 9.97 Å². The van der Waals surface area contributed by atoms with Crippen LogP contribution >= 0.6 is 27.3 Å². The maximum Gasteiger partial charge on any atom is 0.169 e. The van der Waals surface area contributed by atoms with Gasteiger partial charge in [0.15, 0.2) is 11.6 Å². The molecule has 0 aliphatic heterocycles. The summed E-state index contributed by atoms with van der Waals surface area (Å²) >= 11 is 5.12. The van der Waals surface area contributed by atoms with Gasteiger partial charge >= 0.3 is 0 Å². The number of aromatic nitrogens is 2. The highest BCUT2D eigenvalue weighted by Crippen LogP contribution is 2.22. The number of thiophene rings is 1. The maximum absolute atomic E-state index is 5.91. The number of fused-ring (bicyclic) bond motifs is 1. The Labute approximate surface area is 122 Å². The topological polar surface area (TPSA) is 63.8 Å². The zero-order valence-corrected chi connectivity index (χ0v) is 12.3. The predicted octanol–water partition coefficient (Wildman–Crippen LogP) is 3.65. The summed E-state index contributed by atoms with van der Waals surface area (Å²) in [5, 5.41) is 5.27. The lowest BCUT2D eigenvalue weighted by Gasteiger charge is -2.07. The molecule has 4 nitrogen and oxygen atoms in total. The van der Waals surface area contributed by atoms with E-state index < -0.39 is 0 Å². The average molecular weight is 335 g/mol. The number of hydrogen-bond donors (Lipinski definition) is 2. The number of nitrogens with one attached hydrogen (secondary N) is 1. The first-order chi connectivity index (χ1) is 9.22. The largest absolute Gasteiger partial charge is 0.381 e.